The van der Waals surface area contributed by atoms with Gasteiger partial charge in [0.2, 0.25) is 5.91 Å². The van der Waals surface area contributed by atoms with Crippen LogP contribution in [0.5, 0.6) is 0 Å². The molecule has 0 aliphatic heterocycles. The van der Waals surface area contributed by atoms with Crippen molar-refractivity contribution in [2.75, 3.05) is 12.9 Å². The Hall–Kier alpha value is -2.19. The number of hydrogen-bond donors (Lipinski definition) is 1. The number of nitrogens with two attached hydrogens (primary N) is 1. The Labute approximate surface area is 202 Å². The van der Waals surface area contributed by atoms with Gasteiger partial charge in [-0.3, -0.25) is 4.79 Å². The van der Waals surface area contributed by atoms with Gasteiger partial charge in [0.05, 0.1) is 17.7 Å². The molecule has 34 heavy (non-hydrogen) atoms. The van der Waals surface area contributed by atoms with Crippen LogP contribution in [-0.4, -0.2) is 36.7 Å². The van der Waals surface area contributed by atoms with Crippen molar-refractivity contribution < 1.29 is 17.9 Å². The van der Waals surface area contributed by atoms with Crippen molar-refractivity contribution in [3.8, 4) is 0 Å². The molecule has 5 rings (SSSR count). The van der Waals surface area contributed by atoms with Gasteiger partial charge in [0.1, 0.15) is 11.4 Å². The number of benzene rings is 1. The zero-order valence-corrected chi connectivity index (χ0v) is 20.9. The number of nitrogens with zero attached hydrogens (tertiary/aromatic N) is 2. The van der Waals surface area contributed by atoms with Gasteiger partial charge in [-0.25, -0.2) is 13.4 Å². The Bertz CT molecular complexity index is 1170. The predicted octanol–water partition coefficient (Wildman–Crippen LogP) is 3.62. The molecule has 0 spiro atoms. The first kappa shape index (κ1) is 23.5. The molecule has 1 aromatic heterocycles. The highest BCUT2D eigenvalue weighted by Gasteiger charge is 2.51. The van der Waals surface area contributed by atoms with Gasteiger partial charge >= 0.3 is 0 Å². The molecule has 0 unspecified atom stereocenters. The van der Waals surface area contributed by atoms with E-state index in [0.717, 1.165) is 37.8 Å². The molecule has 0 saturated heterocycles. The van der Waals surface area contributed by atoms with E-state index in [1.165, 1.54) is 6.26 Å². The average Bonchev–Trinajstić information content (AvgIpc) is 3.73. The van der Waals surface area contributed by atoms with Gasteiger partial charge in [0.25, 0.3) is 0 Å². The molecule has 3 aliphatic rings. The van der Waals surface area contributed by atoms with Crippen LogP contribution in [0, 0.1) is 18.8 Å². The van der Waals surface area contributed by atoms with Gasteiger partial charge in [0, 0.05) is 12.8 Å². The third-order valence-electron chi connectivity index (χ3n) is 8.08. The first-order valence-corrected chi connectivity index (χ1v) is 14.3. The quantitative estimate of drug-likeness (QED) is 0.584. The van der Waals surface area contributed by atoms with Crippen LogP contribution in [0.2, 0.25) is 0 Å². The van der Waals surface area contributed by atoms with Crippen molar-refractivity contribution in [1.29, 1.82) is 0 Å². The number of sulfone groups is 1. The van der Waals surface area contributed by atoms with Gasteiger partial charge in [-0.05, 0) is 75.7 Å². The number of imidazole rings is 1. The summed E-state index contributed by atoms with van der Waals surface area (Å²) in [4.78, 5) is 17.5. The van der Waals surface area contributed by atoms with Gasteiger partial charge < -0.3 is 15.0 Å². The van der Waals surface area contributed by atoms with E-state index in [1.54, 1.807) is 0 Å². The van der Waals surface area contributed by atoms with Crippen molar-refractivity contribution >= 4 is 15.7 Å². The van der Waals surface area contributed by atoms with E-state index in [2.05, 4.69) is 4.57 Å². The molecular formula is C26H35N3O4S. The van der Waals surface area contributed by atoms with E-state index >= 15 is 0 Å². The van der Waals surface area contributed by atoms with E-state index in [9.17, 15) is 13.2 Å². The van der Waals surface area contributed by atoms with Crippen molar-refractivity contribution in [2.45, 2.75) is 80.9 Å². The number of carbonyl (C=O) groups is 1. The zero-order chi connectivity index (χ0) is 24.1. The van der Waals surface area contributed by atoms with Crippen LogP contribution in [-0.2, 0) is 36.9 Å². The summed E-state index contributed by atoms with van der Waals surface area (Å²) in [5.41, 5.74) is 6.15. The molecule has 2 aromatic rings. The number of aromatic nitrogens is 2. The number of carbonyl (C=O) groups excluding carboxylic acids is 1. The Kier molecular flexibility index (Phi) is 5.88. The Morgan fingerprint density at radius 1 is 1.09 bits per heavy atom. The summed E-state index contributed by atoms with van der Waals surface area (Å²) in [5.74, 6) is 1.50. The SMILES string of the molecule is Cc1c(S(C)(=O)=O)nc([C@]2(OCC3CC3)CC[C@](C(N)=O)(c3ccccc3)CC2)n1CC1CC1. The maximum absolute atomic E-state index is 12.8. The molecule has 1 aromatic carbocycles. The van der Waals surface area contributed by atoms with Crippen LogP contribution >= 0.6 is 0 Å². The molecule has 3 fully saturated rings. The molecule has 1 heterocycles. The Balaban J connectivity index is 1.56. The van der Waals surface area contributed by atoms with E-state index < -0.39 is 20.9 Å². The fourth-order valence-electron chi connectivity index (χ4n) is 5.50. The van der Waals surface area contributed by atoms with Crippen LogP contribution in [0.25, 0.3) is 0 Å². The number of amides is 1. The second-order valence-electron chi connectivity index (χ2n) is 10.7. The van der Waals surface area contributed by atoms with Crippen LogP contribution in [0.3, 0.4) is 0 Å². The molecule has 0 atom stereocenters. The minimum Gasteiger partial charge on any atom is -0.369 e. The lowest BCUT2D eigenvalue weighted by Crippen LogP contribution is -2.49. The molecule has 3 saturated carbocycles. The standard InChI is InChI=1S/C26H35N3O4S/c1-18-22(34(2,31)32)28-24(29(18)16-19-8-9-19)26(33-17-20-10-11-20)14-12-25(13-15-26,23(27)30)21-6-4-3-5-7-21/h3-7,19-20H,8-17H2,1-2H3,(H2,27,30)/t25-,26+. The second kappa shape index (κ2) is 8.48. The summed E-state index contributed by atoms with van der Waals surface area (Å²) in [6.45, 7) is 3.25. The van der Waals surface area contributed by atoms with E-state index in [0.29, 0.717) is 55.6 Å². The fraction of sp³-hybridized carbons (Fsp3) is 0.615. The second-order valence-corrected chi connectivity index (χ2v) is 12.6. The van der Waals surface area contributed by atoms with Gasteiger partial charge in [-0.15, -0.1) is 0 Å². The van der Waals surface area contributed by atoms with E-state index in [4.69, 9.17) is 15.5 Å². The smallest absolute Gasteiger partial charge is 0.228 e. The summed E-state index contributed by atoms with van der Waals surface area (Å²) in [5, 5.41) is 0.146. The summed E-state index contributed by atoms with van der Waals surface area (Å²) in [6.07, 6.45) is 8.08. The fourth-order valence-corrected chi connectivity index (χ4v) is 6.40. The first-order valence-electron chi connectivity index (χ1n) is 12.4. The average molecular weight is 486 g/mol. The largest absolute Gasteiger partial charge is 0.369 e. The molecule has 0 radical (unpaired) electrons. The lowest BCUT2D eigenvalue weighted by atomic mass is 9.64. The van der Waals surface area contributed by atoms with Crippen LogP contribution in [0.4, 0.5) is 0 Å². The number of rotatable bonds is 9. The van der Waals surface area contributed by atoms with Crippen molar-refractivity contribution in [3.05, 3.63) is 47.4 Å². The monoisotopic (exact) mass is 485 g/mol. The van der Waals surface area contributed by atoms with Gasteiger partial charge in [-0.1, -0.05) is 30.3 Å². The van der Waals surface area contributed by atoms with Crippen molar-refractivity contribution in [2.24, 2.45) is 17.6 Å². The summed E-state index contributed by atoms with van der Waals surface area (Å²) in [7, 11) is -3.48. The normalized spacial score (nSPS) is 27.6. The minimum atomic E-state index is -3.48. The Morgan fingerprint density at radius 2 is 1.71 bits per heavy atom. The third kappa shape index (κ3) is 4.31. The van der Waals surface area contributed by atoms with Crippen LogP contribution < -0.4 is 5.73 Å². The molecule has 1 amide bonds. The lowest BCUT2D eigenvalue weighted by Gasteiger charge is -2.45. The van der Waals surface area contributed by atoms with Gasteiger partial charge in [-0.2, -0.15) is 0 Å². The maximum Gasteiger partial charge on any atom is 0.228 e. The Morgan fingerprint density at radius 3 is 2.24 bits per heavy atom. The highest BCUT2D eigenvalue weighted by molar-refractivity contribution is 7.90. The molecule has 7 nitrogen and oxygen atoms in total. The molecule has 8 heteroatoms. The van der Waals surface area contributed by atoms with Crippen molar-refractivity contribution in [1.82, 2.24) is 9.55 Å². The van der Waals surface area contributed by atoms with E-state index in [-0.39, 0.29) is 10.9 Å². The molecular weight excluding hydrogens is 450 g/mol. The van der Waals surface area contributed by atoms with Gasteiger partial charge in [0.15, 0.2) is 14.9 Å². The number of primary amides is 1. The molecule has 2 N–H and O–H groups in total. The van der Waals surface area contributed by atoms with Crippen molar-refractivity contribution in [3.63, 3.8) is 0 Å². The summed E-state index contributed by atoms with van der Waals surface area (Å²) in [6, 6.07) is 9.77. The lowest BCUT2D eigenvalue weighted by molar-refractivity contribution is -0.133. The number of hydrogen-bond acceptors (Lipinski definition) is 5. The molecule has 3 aliphatic carbocycles. The maximum atomic E-state index is 12.8. The zero-order valence-electron chi connectivity index (χ0n) is 20.1. The summed E-state index contributed by atoms with van der Waals surface area (Å²) < 4.78 is 33.9. The van der Waals surface area contributed by atoms with Crippen LogP contribution in [0.1, 0.15) is 68.4 Å². The predicted molar refractivity (Wildman–Crippen MR) is 129 cm³/mol. The molecule has 0 bridgehead atoms. The van der Waals surface area contributed by atoms with Crippen LogP contribution in [0.15, 0.2) is 35.4 Å². The third-order valence-corrected chi connectivity index (χ3v) is 9.16. The minimum absolute atomic E-state index is 0.146. The van der Waals surface area contributed by atoms with E-state index in [1.807, 2.05) is 37.3 Å². The highest BCUT2D eigenvalue weighted by Crippen LogP contribution is 2.50. The topological polar surface area (TPSA) is 104 Å². The highest BCUT2D eigenvalue weighted by atomic mass is 32.2. The first-order chi connectivity index (χ1) is 16.1. The summed E-state index contributed by atoms with van der Waals surface area (Å²) >= 11 is 0. The molecule has 184 valence electrons. The number of ether oxygens (including phenoxy) is 1.